The summed E-state index contributed by atoms with van der Waals surface area (Å²) >= 11 is 15.5. The van der Waals surface area contributed by atoms with Gasteiger partial charge >= 0.3 is 0 Å². The summed E-state index contributed by atoms with van der Waals surface area (Å²) in [6, 6.07) is 8.70. The number of hydrogen-bond donors (Lipinski definition) is 3. The molecule has 0 aliphatic rings. The van der Waals surface area contributed by atoms with Crippen LogP contribution in [0.25, 0.3) is 6.08 Å². The van der Waals surface area contributed by atoms with Gasteiger partial charge in [-0.15, -0.1) is 11.3 Å². The molecule has 1 aromatic heterocycles. The van der Waals surface area contributed by atoms with E-state index in [0.717, 1.165) is 4.88 Å². The van der Waals surface area contributed by atoms with E-state index in [1.807, 2.05) is 17.5 Å². The summed E-state index contributed by atoms with van der Waals surface area (Å²) in [6.07, 6.45) is 3.02. The average molecular weight is 475 g/mol. The summed E-state index contributed by atoms with van der Waals surface area (Å²) in [5.74, 6) is -0.414. The topological polar surface area (TPSA) is 79.5 Å². The van der Waals surface area contributed by atoms with Crippen LogP contribution in [-0.2, 0) is 9.59 Å². The number of carbonyl (C=O) groups is 2. The Morgan fingerprint density at radius 1 is 1.31 bits per heavy atom. The first-order valence-corrected chi connectivity index (χ1v) is 9.59. The number of amides is 2. The first-order valence-electron chi connectivity index (χ1n) is 7.13. The summed E-state index contributed by atoms with van der Waals surface area (Å²) in [5.41, 5.74) is 4.75. The van der Waals surface area contributed by atoms with E-state index < -0.39 is 11.8 Å². The molecule has 136 valence electrons. The van der Waals surface area contributed by atoms with Crippen molar-refractivity contribution >= 4 is 74.1 Å². The van der Waals surface area contributed by atoms with Crippen molar-refractivity contribution in [1.82, 2.24) is 16.2 Å². The van der Waals surface area contributed by atoms with Crippen molar-refractivity contribution in [2.45, 2.75) is 0 Å². The Morgan fingerprint density at radius 3 is 2.81 bits per heavy atom. The molecule has 0 bridgehead atoms. The van der Waals surface area contributed by atoms with E-state index >= 15 is 0 Å². The maximum absolute atomic E-state index is 11.7. The van der Waals surface area contributed by atoms with Crippen LogP contribution in [0, 0.1) is 0 Å². The minimum absolute atomic E-state index is 0.0353. The quantitative estimate of drug-likeness (QED) is 0.352. The lowest BCUT2D eigenvalue weighted by molar-refractivity contribution is -0.123. The third-order valence-corrected chi connectivity index (χ3v) is 4.64. The molecule has 0 atom stereocenters. The van der Waals surface area contributed by atoms with E-state index in [1.54, 1.807) is 24.3 Å². The predicted octanol–water partition coefficient (Wildman–Crippen LogP) is 3.28. The second kappa shape index (κ2) is 10.3. The smallest absolute Gasteiger partial charge is 0.276 e. The Morgan fingerprint density at radius 2 is 2.12 bits per heavy atom. The van der Waals surface area contributed by atoms with Gasteiger partial charge in [0, 0.05) is 16.0 Å². The van der Waals surface area contributed by atoms with Gasteiger partial charge < -0.3 is 4.74 Å². The highest BCUT2D eigenvalue weighted by Crippen LogP contribution is 2.27. The zero-order chi connectivity index (χ0) is 18.9. The van der Waals surface area contributed by atoms with Crippen LogP contribution in [0.15, 0.2) is 46.3 Å². The Kier molecular flexibility index (Phi) is 8.05. The van der Waals surface area contributed by atoms with Gasteiger partial charge in [-0.2, -0.15) is 0 Å². The Bertz CT molecular complexity index is 828. The van der Waals surface area contributed by atoms with Crippen LogP contribution >= 0.6 is 51.1 Å². The number of nitrogens with one attached hydrogen (secondary N) is 3. The highest BCUT2D eigenvalue weighted by Gasteiger charge is 2.07. The number of benzene rings is 1. The molecule has 2 aromatic rings. The highest BCUT2D eigenvalue weighted by atomic mass is 79.9. The molecule has 10 heteroatoms. The number of hydrogen-bond acceptors (Lipinski definition) is 5. The first-order chi connectivity index (χ1) is 12.4. The monoisotopic (exact) mass is 473 g/mol. The third kappa shape index (κ3) is 7.12. The number of rotatable bonds is 5. The Balaban J connectivity index is 1.69. The van der Waals surface area contributed by atoms with Crippen molar-refractivity contribution in [3.05, 3.63) is 56.2 Å². The van der Waals surface area contributed by atoms with E-state index in [1.165, 1.54) is 17.4 Å². The van der Waals surface area contributed by atoms with Gasteiger partial charge in [-0.1, -0.05) is 17.7 Å². The van der Waals surface area contributed by atoms with E-state index in [2.05, 4.69) is 32.1 Å². The normalized spacial score (nSPS) is 10.4. The minimum Gasteiger partial charge on any atom is -0.483 e. The predicted molar refractivity (Wildman–Crippen MR) is 110 cm³/mol. The van der Waals surface area contributed by atoms with Crippen LogP contribution < -0.4 is 20.9 Å². The molecule has 1 aromatic carbocycles. The fourth-order valence-electron chi connectivity index (χ4n) is 1.63. The lowest BCUT2D eigenvalue weighted by atomic mass is 10.3. The van der Waals surface area contributed by atoms with Crippen LogP contribution in [0.1, 0.15) is 4.88 Å². The lowest BCUT2D eigenvalue weighted by Gasteiger charge is -2.11. The summed E-state index contributed by atoms with van der Waals surface area (Å²) < 4.78 is 5.98. The summed E-state index contributed by atoms with van der Waals surface area (Å²) in [5, 5.41) is 4.83. The number of thiophene rings is 1. The number of thiocarbonyl (C=S) groups is 1. The van der Waals surface area contributed by atoms with Gasteiger partial charge in [0.2, 0.25) is 5.91 Å². The highest BCUT2D eigenvalue weighted by molar-refractivity contribution is 9.10. The standard InChI is InChI=1S/C16H13BrClN3O3S2/c17-12-8-10(18)3-5-13(12)24-9-15(23)20-21-16(25)19-14(22)6-4-11-2-1-7-26-11/h1-8H,9H2,(H,20,23)(H2,19,21,22,25)/b6-4+. The molecule has 0 aliphatic carbocycles. The number of carbonyl (C=O) groups excluding carboxylic acids is 2. The molecule has 0 saturated carbocycles. The van der Waals surface area contributed by atoms with Crippen LogP contribution in [0.3, 0.4) is 0 Å². The SMILES string of the molecule is O=C(/C=C/c1cccs1)NC(=S)NNC(=O)COc1ccc(Cl)cc1Br. The van der Waals surface area contributed by atoms with Crippen LogP contribution in [-0.4, -0.2) is 23.5 Å². The van der Waals surface area contributed by atoms with Crippen molar-refractivity contribution in [1.29, 1.82) is 0 Å². The molecule has 2 amide bonds. The average Bonchev–Trinajstić information content (AvgIpc) is 3.11. The summed E-state index contributed by atoms with van der Waals surface area (Å²) in [6.45, 7) is -0.248. The number of ether oxygens (including phenoxy) is 1. The van der Waals surface area contributed by atoms with Crippen molar-refractivity contribution in [3.63, 3.8) is 0 Å². The molecule has 0 spiro atoms. The van der Waals surface area contributed by atoms with Gasteiger partial charge in [-0.05, 0) is 63.9 Å². The molecule has 0 unspecified atom stereocenters. The molecule has 0 fully saturated rings. The minimum atomic E-state index is -0.474. The van der Waals surface area contributed by atoms with Crippen LogP contribution in [0.5, 0.6) is 5.75 Å². The zero-order valence-electron chi connectivity index (χ0n) is 13.1. The van der Waals surface area contributed by atoms with Crippen molar-refractivity contribution in [2.75, 3.05) is 6.61 Å². The number of hydrazine groups is 1. The third-order valence-electron chi connectivity index (χ3n) is 2.75. The second-order valence-corrected chi connectivity index (χ2v) is 7.38. The molecule has 26 heavy (non-hydrogen) atoms. The molecular formula is C16H13BrClN3O3S2. The van der Waals surface area contributed by atoms with Gasteiger partial charge in [-0.3, -0.25) is 25.8 Å². The lowest BCUT2D eigenvalue weighted by Crippen LogP contribution is -2.49. The maximum atomic E-state index is 11.7. The van der Waals surface area contributed by atoms with Crippen LogP contribution in [0.2, 0.25) is 5.02 Å². The first kappa shape index (κ1) is 20.4. The van der Waals surface area contributed by atoms with E-state index in [0.29, 0.717) is 15.2 Å². The number of halogens is 2. The van der Waals surface area contributed by atoms with Crippen molar-refractivity contribution in [2.24, 2.45) is 0 Å². The largest absolute Gasteiger partial charge is 0.483 e. The second-order valence-electron chi connectivity index (χ2n) is 4.70. The molecule has 1 heterocycles. The fraction of sp³-hybridized carbons (Fsp3) is 0.0625. The van der Waals surface area contributed by atoms with E-state index in [9.17, 15) is 9.59 Å². The zero-order valence-corrected chi connectivity index (χ0v) is 17.1. The fourth-order valence-corrected chi connectivity index (χ4v) is 3.19. The molecular weight excluding hydrogens is 462 g/mol. The van der Waals surface area contributed by atoms with Gasteiger partial charge in [0.25, 0.3) is 5.91 Å². The molecule has 0 radical (unpaired) electrons. The van der Waals surface area contributed by atoms with E-state index in [4.69, 9.17) is 28.6 Å². The summed E-state index contributed by atoms with van der Waals surface area (Å²) in [7, 11) is 0. The van der Waals surface area contributed by atoms with Crippen molar-refractivity contribution < 1.29 is 14.3 Å². The van der Waals surface area contributed by atoms with Gasteiger partial charge in [0.15, 0.2) is 11.7 Å². The molecule has 0 saturated heterocycles. The van der Waals surface area contributed by atoms with Crippen LogP contribution in [0.4, 0.5) is 0 Å². The van der Waals surface area contributed by atoms with Gasteiger partial charge in [0.05, 0.1) is 4.47 Å². The molecule has 2 rings (SSSR count). The molecule has 0 aliphatic heterocycles. The van der Waals surface area contributed by atoms with Crippen molar-refractivity contribution in [3.8, 4) is 5.75 Å². The maximum Gasteiger partial charge on any atom is 0.276 e. The van der Waals surface area contributed by atoms with Gasteiger partial charge in [0.1, 0.15) is 5.75 Å². The summed E-state index contributed by atoms with van der Waals surface area (Å²) in [4.78, 5) is 24.4. The molecule has 3 N–H and O–H groups in total. The Hall–Kier alpha value is -1.94. The molecule has 6 nitrogen and oxygen atoms in total. The van der Waals surface area contributed by atoms with Gasteiger partial charge in [-0.25, -0.2) is 0 Å². The Labute approximate surface area is 172 Å². The van der Waals surface area contributed by atoms with E-state index in [-0.39, 0.29) is 11.7 Å².